The van der Waals surface area contributed by atoms with E-state index in [1.54, 1.807) is 6.07 Å². The third-order valence-electron chi connectivity index (χ3n) is 5.10. The van der Waals surface area contributed by atoms with Crippen LogP contribution in [0.4, 0.5) is 0 Å². The normalized spacial score (nSPS) is 17.2. The molecule has 0 bridgehead atoms. The molecule has 5 nitrogen and oxygen atoms in total. The van der Waals surface area contributed by atoms with Crippen molar-refractivity contribution in [2.24, 2.45) is 0 Å². The van der Waals surface area contributed by atoms with E-state index in [4.69, 9.17) is 4.74 Å². The Morgan fingerprint density at radius 3 is 2.46 bits per heavy atom. The first-order chi connectivity index (χ1) is 11.2. The van der Waals surface area contributed by atoms with Gasteiger partial charge < -0.3 is 4.74 Å². The molecule has 1 aliphatic carbocycles. The van der Waals surface area contributed by atoms with Gasteiger partial charge in [0.25, 0.3) is 0 Å². The van der Waals surface area contributed by atoms with E-state index in [-0.39, 0.29) is 11.7 Å². The number of nitrogens with zero attached hydrogens (tertiary/aromatic N) is 1. The number of hydrogen-bond acceptors (Lipinski definition) is 5. The fourth-order valence-corrected chi connectivity index (χ4v) is 5.17. The van der Waals surface area contributed by atoms with Crippen molar-refractivity contribution in [1.82, 2.24) is 4.90 Å². The van der Waals surface area contributed by atoms with Crippen molar-refractivity contribution in [1.29, 1.82) is 0 Å². The number of methoxy groups -OCH3 is 1. The van der Waals surface area contributed by atoms with Crippen LogP contribution in [0.2, 0.25) is 0 Å². The summed E-state index contributed by atoms with van der Waals surface area (Å²) in [4.78, 5) is 14.5. The first-order valence-corrected chi connectivity index (χ1v) is 9.98. The van der Waals surface area contributed by atoms with Gasteiger partial charge in [-0.2, -0.15) is 0 Å². The molecule has 1 saturated carbocycles. The quantitative estimate of drug-likeness (QED) is 0.735. The van der Waals surface area contributed by atoms with Gasteiger partial charge >= 0.3 is 5.97 Å². The third kappa shape index (κ3) is 3.64. The average Bonchev–Trinajstić information content (AvgIpc) is 3.05. The summed E-state index contributed by atoms with van der Waals surface area (Å²) in [5.41, 5.74) is 1.01. The molecule has 0 amide bonds. The molecule has 1 aromatic carbocycles. The lowest BCUT2D eigenvalue weighted by Gasteiger charge is -2.35. The molecule has 6 heteroatoms. The minimum Gasteiger partial charge on any atom is -0.468 e. The third-order valence-corrected chi connectivity index (χ3v) is 6.93. The summed E-state index contributed by atoms with van der Waals surface area (Å²) in [7, 11) is -0.179. The second-order valence-electron chi connectivity index (χ2n) is 6.74. The van der Waals surface area contributed by atoms with Crippen molar-refractivity contribution in [3.8, 4) is 0 Å². The predicted octanol–water partition coefficient (Wildman–Crippen LogP) is 2.49. The molecule has 0 spiro atoms. The number of hydrogen-bond donors (Lipinski definition) is 0. The van der Waals surface area contributed by atoms with Crippen molar-refractivity contribution >= 4 is 15.8 Å². The highest BCUT2D eigenvalue weighted by Crippen LogP contribution is 2.35. The number of ether oxygens (including phenoxy) is 1. The monoisotopic (exact) mass is 353 g/mol. The van der Waals surface area contributed by atoms with E-state index in [1.165, 1.54) is 7.11 Å². The molecule has 1 aromatic rings. The van der Waals surface area contributed by atoms with E-state index < -0.39 is 15.4 Å². The molecule has 0 radical (unpaired) electrons. The Kier molecular flexibility index (Phi) is 5.71. The molecule has 1 fully saturated rings. The van der Waals surface area contributed by atoms with Crippen molar-refractivity contribution in [3.05, 3.63) is 29.3 Å². The summed E-state index contributed by atoms with van der Waals surface area (Å²) in [6.45, 7) is 4.00. The smallest absolute Gasteiger partial charge is 0.326 e. The van der Waals surface area contributed by atoms with Gasteiger partial charge in [0.15, 0.2) is 9.84 Å². The summed E-state index contributed by atoms with van der Waals surface area (Å²) in [5, 5.41) is 0. The number of likely N-dealkylation sites (N-methyl/N-ethyl adjacent to an activating group) is 1. The molecular weight excluding hydrogens is 326 g/mol. The highest BCUT2D eigenvalue weighted by atomic mass is 32.2. The van der Waals surface area contributed by atoms with Crippen LogP contribution in [-0.4, -0.2) is 51.3 Å². The van der Waals surface area contributed by atoms with Crippen LogP contribution in [0.15, 0.2) is 23.1 Å². The average molecular weight is 353 g/mol. The minimum atomic E-state index is -3.39. The largest absolute Gasteiger partial charge is 0.468 e. The summed E-state index contributed by atoms with van der Waals surface area (Å²) < 4.78 is 30.4. The van der Waals surface area contributed by atoms with Gasteiger partial charge in [-0.05, 0) is 50.9 Å². The van der Waals surface area contributed by atoms with Crippen molar-refractivity contribution in [2.75, 3.05) is 26.5 Å². The molecule has 0 saturated heterocycles. The number of carbonyl (C=O) groups is 1. The predicted molar refractivity (Wildman–Crippen MR) is 93.8 cm³/mol. The summed E-state index contributed by atoms with van der Waals surface area (Å²) in [6.07, 6.45) is 3.37. The zero-order valence-corrected chi connectivity index (χ0v) is 15.8. The van der Waals surface area contributed by atoms with E-state index in [9.17, 15) is 13.2 Å². The maximum absolute atomic E-state index is 12.7. The van der Waals surface area contributed by atoms with E-state index >= 15 is 0 Å². The van der Waals surface area contributed by atoms with Crippen LogP contribution in [0.5, 0.6) is 0 Å². The number of benzene rings is 1. The van der Waals surface area contributed by atoms with Crippen LogP contribution < -0.4 is 0 Å². The molecular formula is C18H27NO4S. The zero-order chi connectivity index (χ0) is 18.0. The molecule has 0 unspecified atom stereocenters. The molecule has 0 N–H and O–H groups in total. The second-order valence-corrected chi connectivity index (χ2v) is 8.82. The Morgan fingerprint density at radius 1 is 1.25 bits per heavy atom. The maximum atomic E-state index is 12.7. The standard InChI is InChI=1S/C18H27NO4S/c1-14-7-8-15(2)16(13-14)24(21,22)12-11-19(3)18(17(20)23-4)9-5-6-10-18/h7-8,13H,5-6,9-12H2,1-4H3. The molecule has 0 heterocycles. The molecule has 24 heavy (non-hydrogen) atoms. The lowest BCUT2D eigenvalue weighted by atomic mass is 9.96. The Labute approximate surface area is 144 Å². The highest BCUT2D eigenvalue weighted by molar-refractivity contribution is 7.91. The van der Waals surface area contributed by atoms with Crippen LogP contribution in [0.3, 0.4) is 0 Å². The SMILES string of the molecule is COC(=O)C1(N(C)CCS(=O)(=O)c2cc(C)ccc2C)CCCC1. The van der Waals surface area contributed by atoms with E-state index in [0.717, 1.165) is 36.8 Å². The number of sulfone groups is 1. The van der Waals surface area contributed by atoms with Gasteiger partial charge in [-0.3, -0.25) is 9.69 Å². The van der Waals surface area contributed by atoms with Crippen molar-refractivity contribution < 1.29 is 17.9 Å². The van der Waals surface area contributed by atoms with Crippen molar-refractivity contribution in [2.45, 2.75) is 50.0 Å². The van der Waals surface area contributed by atoms with E-state index in [1.807, 2.05) is 37.9 Å². The van der Waals surface area contributed by atoms with Crippen LogP contribution in [-0.2, 0) is 19.4 Å². The first kappa shape index (κ1) is 18.9. The number of carbonyl (C=O) groups excluding carboxylic acids is 1. The van der Waals surface area contributed by atoms with Gasteiger partial charge in [-0.15, -0.1) is 0 Å². The van der Waals surface area contributed by atoms with Crippen LogP contribution in [0.25, 0.3) is 0 Å². The zero-order valence-electron chi connectivity index (χ0n) is 15.0. The Morgan fingerprint density at radius 2 is 1.88 bits per heavy atom. The van der Waals surface area contributed by atoms with Gasteiger partial charge in [0.1, 0.15) is 5.54 Å². The summed E-state index contributed by atoms with van der Waals surface area (Å²) >= 11 is 0. The topological polar surface area (TPSA) is 63.7 Å². The second kappa shape index (κ2) is 7.23. The lowest BCUT2D eigenvalue weighted by Crippen LogP contribution is -2.52. The fourth-order valence-electron chi connectivity index (χ4n) is 3.52. The molecule has 0 atom stereocenters. The molecule has 134 valence electrons. The first-order valence-electron chi connectivity index (χ1n) is 8.32. The molecule has 0 aliphatic heterocycles. The summed E-state index contributed by atoms with van der Waals surface area (Å²) in [5.74, 6) is -0.265. The number of esters is 1. The Balaban J connectivity index is 2.16. The molecule has 0 aromatic heterocycles. The van der Waals surface area contributed by atoms with Crippen LogP contribution >= 0.6 is 0 Å². The fraction of sp³-hybridized carbons (Fsp3) is 0.611. The van der Waals surface area contributed by atoms with Gasteiger partial charge in [-0.1, -0.05) is 25.0 Å². The van der Waals surface area contributed by atoms with Gasteiger partial charge in [0.05, 0.1) is 17.8 Å². The lowest BCUT2D eigenvalue weighted by molar-refractivity contribution is -0.154. The molecule has 1 aliphatic rings. The van der Waals surface area contributed by atoms with Crippen LogP contribution in [0, 0.1) is 13.8 Å². The van der Waals surface area contributed by atoms with E-state index in [2.05, 4.69) is 0 Å². The maximum Gasteiger partial charge on any atom is 0.326 e. The highest BCUT2D eigenvalue weighted by Gasteiger charge is 2.45. The van der Waals surface area contributed by atoms with Gasteiger partial charge in [0.2, 0.25) is 0 Å². The Hall–Kier alpha value is -1.40. The van der Waals surface area contributed by atoms with Gasteiger partial charge in [-0.25, -0.2) is 8.42 Å². The molecule has 2 rings (SSSR count). The number of aryl methyl sites for hydroxylation is 2. The van der Waals surface area contributed by atoms with Gasteiger partial charge in [0, 0.05) is 6.54 Å². The number of rotatable bonds is 6. The summed E-state index contributed by atoms with van der Waals surface area (Å²) in [6, 6.07) is 5.46. The Bertz CT molecular complexity index is 706. The van der Waals surface area contributed by atoms with Crippen LogP contribution in [0.1, 0.15) is 36.8 Å². The van der Waals surface area contributed by atoms with E-state index in [0.29, 0.717) is 11.4 Å². The minimum absolute atomic E-state index is 0.00740. The van der Waals surface area contributed by atoms with Crippen molar-refractivity contribution in [3.63, 3.8) is 0 Å².